The number of benzene rings is 1. The Morgan fingerprint density at radius 1 is 1.19 bits per heavy atom. The number of rotatable bonds is 4. The molecule has 36 heavy (non-hydrogen) atoms. The molecule has 4 heterocycles. The number of pyridine rings is 1. The first-order valence-corrected chi connectivity index (χ1v) is 13.3. The van der Waals surface area contributed by atoms with Crippen LogP contribution < -0.4 is 0 Å². The summed E-state index contributed by atoms with van der Waals surface area (Å²) >= 11 is 0. The summed E-state index contributed by atoms with van der Waals surface area (Å²) in [5, 5.41) is 11.1. The highest BCUT2D eigenvalue weighted by Gasteiger charge is 2.34. The van der Waals surface area contributed by atoms with E-state index >= 15 is 0 Å². The lowest BCUT2D eigenvalue weighted by Gasteiger charge is -2.25. The molecule has 2 atom stereocenters. The second-order valence-electron chi connectivity index (χ2n) is 10.0. The zero-order valence-electron chi connectivity index (χ0n) is 20.6. The normalized spacial score (nSPS) is 17.7. The molecule has 1 fully saturated rings. The molecule has 10 nitrogen and oxygen atoms in total. The van der Waals surface area contributed by atoms with Crippen molar-refractivity contribution in [3.05, 3.63) is 54.6 Å². The van der Waals surface area contributed by atoms with Gasteiger partial charge in [-0.05, 0) is 52.3 Å². The molecule has 5 rings (SSSR count). The number of fused-ring (bicyclic) bond motifs is 3. The molecule has 0 spiro atoms. The largest absolute Gasteiger partial charge is 0.444 e. The van der Waals surface area contributed by atoms with E-state index in [0.29, 0.717) is 41.8 Å². The Kier molecular flexibility index (Phi) is 5.79. The average Bonchev–Trinajstić information content (AvgIpc) is 3.54. The molecule has 2 unspecified atom stereocenters. The first-order valence-electron chi connectivity index (χ1n) is 11.8. The topological polar surface area (TPSA) is 120 Å². The molecular formula is C25H29N5O5S. The van der Waals surface area contributed by atoms with Crippen LogP contribution in [-0.4, -0.2) is 61.7 Å². The SMILES string of the molecule is CC(O)c1nc2cnc3c(ccn3S(=O)(=O)c3ccccc3)c2n1C1CCN(C(=O)OC(C)(C)C)C1. The maximum absolute atomic E-state index is 13.3. The summed E-state index contributed by atoms with van der Waals surface area (Å²) in [5.41, 5.74) is 0.886. The molecule has 11 heteroatoms. The number of aliphatic hydroxyl groups is 1. The van der Waals surface area contributed by atoms with Crippen LogP contribution in [0.2, 0.25) is 0 Å². The van der Waals surface area contributed by atoms with Gasteiger partial charge in [0.1, 0.15) is 23.0 Å². The van der Waals surface area contributed by atoms with Crippen molar-refractivity contribution in [1.82, 2.24) is 23.4 Å². The van der Waals surface area contributed by atoms with E-state index in [1.54, 1.807) is 48.2 Å². The summed E-state index contributed by atoms with van der Waals surface area (Å²) in [6.07, 6.45) is 2.38. The smallest absolute Gasteiger partial charge is 0.410 e. The first-order chi connectivity index (χ1) is 17.0. The van der Waals surface area contributed by atoms with Crippen LogP contribution in [0.4, 0.5) is 4.79 Å². The highest BCUT2D eigenvalue weighted by atomic mass is 32.2. The minimum Gasteiger partial charge on any atom is -0.444 e. The Balaban J connectivity index is 1.62. The average molecular weight is 512 g/mol. The van der Waals surface area contributed by atoms with Crippen molar-refractivity contribution in [1.29, 1.82) is 0 Å². The fourth-order valence-corrected chi connectivity index (χ4v) is 6.00. The summed E-state index contributed by atoms with van der Waals surface area (Å²) in [5.74, 6) is 0.439. The van der Waals surface area contributed by atoms with Crippen LogP contribution in [0.15, 0.2) is 53.7 Å². The van der Waals surface area contributed by atoms with Crippen LogP contribution in [0.25, 0.3) is 22.1 Å². The number of ether oxygens (including phenoxy) is 1. The Hall–Kier alpha value is -3.44. The second kappa shape index (κ2) is 8.59. The van der Waals surface area contributed by atoms with Crippen LogP contribution in [0.1, 0.15) is 52.1 Å². The molecule has 3 aromatic heterocycles. The molecule has 0 aliphatic carbocycles. The Morgan fingerprint density at radius 3 is 2.58 bits per heavy atom. The highest BCUT2D eigenvalue weighted by molar-refractivity contribution is 7.90. The van der Waals surface area contributed by atoms with Gasteiger partial charge in [0.05, 0.1) is 22.7 Å². The molecule has 4 aromatic rings. The molecule has 0 saturated carbocycles. The van der Waals surface area contributed by atoms with Gasteiger partial charge < -0.3 is 19.3 Å². The van der Waals surface area contributed by atoms with E-state index in [0.717, 1.165) is 3.97 Å². The van der Waals surface area contributed by atoms with Gasteiger partial charge in [0.25, 0.3) is 10.0 Å². The van der Waals surface area contributed by atoms with Gasteiger partial charge in [-0.2, -0.15) is 0 Å². The van der Waals surface area contributed by atoms with E-state index < -0.39 is 21.7 Å². The Morgan fingerprint density at radius 2 is 1.92 bits per heavy atom. The number of imidazole rings is 1. The van der Waals surface area contributed by atoms with Gasteiger partial charge in [0.2, 0.25) is 0 Å². The Labute approximate surface area is 209 Å². The van der Waals surface area contributed by atoms with Gasteiger partial charge >= 0.3 is 6.09 Å². The van der Waals surface area contributed by atoms with Crippen molar-refractivity contribution in [2.75, 3.05) is 13.1 Å². The maximum Gasteiger partial charge on any atom is 0.410 e. The fraction of sp³-hybridized carbons (Fsp3) is 0.400. The third-order valence-corrected chi connectivity index (χ3v) is 7.89. The number of aliphatic hydroxyl groups excluding tert-OH is 1. The summed E-state index contributed by atoms with van der Waals surface area (Å²) in [6, 6.07) is 9.71. The molecule has 190 valence electrons. The van der Waals surface area contributed by atoms with Crippen LogP contribution in [0.3, 0.4) is 0 Å². The minimum atomic E-state index is -3.86. The molecule has 1 saturated heterocycles. The van der Waals surface area contributed by atoms with Crippen molar-refractivity contribution in [3.63, 3.8) is 0 Å². The highest BCUT2D eigenvalue weighted by Crippen LogP contribution is 2.35. The lowest BCUT2D eigenvalue weighted by atomic mass is 10.2. The predicted octanol–water partition coefficient (Wildman–Crippen LogP) is 3.86. The van der Waals surface area contributed by atoms with Gasteiger partial charge in [-0.3, -0.25) is 0 Å². The molecular weight excluding hydrogens is 482 g/mol. The molecule has 1 aliphatic heterocycles. The van der Waals surface area contributed by atoms with E-state index in [2.05, 4.69) is 9.97 Å². The number of hydrogen-bond donors (Lipinski definition) is 1. The number of likely N-dealkylation sites (tertiary alicyclic amines) is 1. The maximum atomic E-state index is 13.3. The van der Waals surface area contributed by atoms with Crippen molar-refractivity contribution >= 4 is 38.2 Å². The monoisotopic (exact) mass is 511 g/mol. The third kappa shape index (κ3) is 4.11. The van der Waals surface area contributed by atoms with Crippen LogP contribution in [0, 0.1) is 0 Å². The van der Waals surface area contributed by atoms with Gasteiger partial charge in [-0.1, -0.05) is 18.2 Å². The van der Waals surface area contributed by atoms with E-state index in [1.165, 1.54) is 12.4 Å². The molecule has 1 aliphatic rings. The van der Waals surface area contributed by atoms with Crippen LogP contribution >= 0.6 is 0 Å². The zero-order valence-corrected chi connectivity index (χ0v) is 21.4. The van der Waals surface area contributed by atoms with Crippen molar-refractivity contribution in [3.8, 4) is 0 Å². The van der Waals surface area contributed by atoms with E-state index in [1.807, 2.05) is 25.3 Å². The molecule has 0 bridgehead atoms. The zero-order chi connectivity index (χ0) is 25.8. The van der Waals surface area contributed by atoms with Crippen LogP contribution in [0.5, 0.6) is 0 Å². The lowest BCUT2D eigenvalue weighted by molar-refractivity contribution is 0.0289. The van der Waals surface area contributed by atoms with E-state index in [9.17, 15) is 18.3 Å². The number of carbonyl (C=O) groups is 1. The number of hydrogen-bond acceptors (Lipinski definition) is 7. The minimum absolute atomic E-state index is 0.159. The molecule has 1 N–H and O–H groups in total. The van der Waals surface area contributed by atoms with Crippen molar-refractivity contribution in [2.24, 2.45) is 0 Å². The third-order valence-electron chi connectivity index (χ3n) is 6.21. The predicted molar refractivity (Wildman–Crippen MR) is 134 cm³/mol. The number of amides is 1. The van der Waals surface area contributed by atoms with Crippen molar-refractivity contribution < 1.29 is 23.1 Å². The summed E-state index contributed by atoms with van der Waals surface area (Å²) < 4.78 is 35.3. The summed E-state index contributed by atoms with van der Waals surface area (Å²) in [6.45, 7) is 7.98. The van der Waals surface area contributed by atoms with E-state index in [4.69, 9.17) is 4.74 Å². The van der Waals surface area contributed by atoms with E-state index in [-0.39, 0.29) is 22.7 Å². The van der Waals surface area contributed by atoms with Gasteiger partial charge in [0.15, 0.2) is 5.65 Å². The number of aromatic nitrogens is 4. The summed E-state index contributed by atoms with van der Waals surface area (Å²) in [7, 11) is -3.86. The van der Waals surface area contributed by atoms with Gasteiger partial charge in [-0.15, -0.1) is 0 Å². The lowest BCUT2D eigenvalue weighted by Crippen LogP contribution is -2.35. The Bertz CT molecular complexity index is 1550. The standard InChI is InChI=1S/C25H29N5O5S/c1-16(31)22-27-20-14-26-23-19(11-13-29(23)36(33,34)18-8-6-5-7-9-18)21(20)30(22)17-10-12-28(15-17)24(32)35-25(2,3)4/h5-9,11,13-14,16-17,31H,10,12,15H2,1-4H3. The molecule has 1 amide bonds. The van der Waals surface area contributed by atoms with Crippen LogP contribution in [-0.2, 0) is 14.8 Å². The second-order valence-corrected chi connectivity index (χ2v) is 11.9. The van der Waals surface area contributed by atoms with Gasteiger partial charge in [0, 0.05) is 24.7 Å². The summed E-state index contributed by atoms with van der Waals surface area (Å²) in [4.78, 5) is 23.5. The molecule has 0 radical (unpaired) electrons. The number of nitrogens with zero attached hydrogens (tertiary/aromatic N) is 5. The quantitative estimate of drug-likeness (QED) is 0.442. The molecule has 1 aromatic carbocycles. The first kappa shape index (κ1) is 24.3. The number of carbonyl (C=O) groups excluding carboxylic acids is 1. The van der Waals surface area contributed by atoms with Crippen molar-refractivity contribution in [2.45, 2.75) is 56.8 Å². The fourth-order valence-electron chi connectivity index (χ4n) is 4.67. The van der Waals surface area contributed by atoms with Gasteiger partial charge in [-0.25, -0.2) is 27.2 Å².